The van der Waals surface area contributed by atoms with Crippen LogP contribution in [0.3, 0.4) is 0 Å². The Hall–Kier alpha value is -2.38. The summed E-state index contributed by atoms with van der Waals surface area (Å²) in [5.41, 5.74) is 2.53. The number of hydrogen-bond donors (Lipinski definition) is 1. The second-order valence-electron chi connectivity index (χ2n) is 6.23. The highest BCUT2D eigenvalue weighted by Crippen LogP contribution is 2.19. The van der Waals surface area contributed by atoms with E-state index in [9.17, 15) is 13.2 Å². The van der Waals surface area contributed by atoms with Crippen molar-refractivity contribution in [3.05, 3.63) is 59.2 Å². The van der Waals surface area contributed by atoms with Gasteiger partial charge in [0.1, 0.15) is 5.75 Å². The molecular formula is C19H24N2O4S. The third-order valence-electron chi connectivity index (χ3n) is 3.91. The number of amides is 1. The number of hydrogen-bond acceptors (Lipinski definition) is 4. The molecule has 26 heavy (non-hydrogen) atoms. The molecule has 0 heterocycles. The lowest BCUT2D eigenvalue weighted by Crippen LogP contribution is -2.30. The van der Waals surface area contributed by atoms with Gasteiger partial charge in [-0.15, -0.1) is 0 Å². The zero-order valence-electron chi connectivity index (χ0n) is 15.4. The average molecular weight is 376 g/mol. The number of ether oxygens (including phenoxy) is 1. The van der Waals surface area contributed by atoms with Gasteiger partial charge in [0.2, 0.25) is 10.0 Å². The van der Waals surface area contributed by atoms with E-state index in [1.807, 2.05) is 32.0 Å². The van der Waals surface area contributed by atoms with Crippen LogP contribution in [0.25, 0.3) is 0 Å². The molecule has 7 heteroatoms. The molecule has 0 aromatic heterocycles. The van der Waals surface area contributed by atoms with Gasteiger partial charge in [-0.25, -0.2) is 12.7 Å². The predicted octanol–water partition coefficient (Wildman–Crippen LogP) is 2.25. The van der Waals surface area contributed by atoms with E-state index < -0.39 is 10.0 Å². The van der Waals surface area contributed by atoms with Crippen molar-refractivity contribution in [2.24, 2.45) is 0 Å². The maximum absolute atomic E-state index is 12.4. The van der Waals surface area contributed by atoms with Crippen LogP contribution in [-0.2, 0) is 21.4 Å². The maximum Gasteiger partial charge on any atom is 0.258 e. The van der Waals surface area contributed by atoms with Crippen LogP contribution in [0.2, 0.25) is 0 Å². The van der Waals surface area contributed by atoms with Crippen LogP contribution in [0, 0.1) is 13.8 Å². The highest BCUT2D eigenvalue weighted by molar-refractivity contribution is 7.89. The number of sulfonamides is 1. The Bertz CT molecular complexity index is 892. The topological polar surface area (TPSA) is 75.7 Å². The summed E-state index contributed by atoms with van der Waals surface area (Å²) in [6, 6.07) is 12.4. The zero-order chi connectivity index (χ0) is 19.3. The summed E-state index contributed by atoms with van der Waals surface area (Å²) >= 11 is 0. The number of rotatable bonds is 7. The van der Waals surface area contributed by atoms with E-state index in [0.29, 0.717) is 11.3 Å². The van der Waals surface area contributed by atoms with Crippen molar-refractivity contribution in [2.45, 2.75) is 25.3 Å². The van der Waals surface area contributed by atoms with Crippen molar-refractivity contribution in [1.82, 2.24) is 9.62 Å². The molecule has 0 fully saturated rings. The first kappa shape index (κ1) is 19.9. The fourth-order valence-electron chi connectivity index (χ4n) is 2.35. The highest BCUT2D eigenvalue weighted by Gasteiger charge is 2.20. The molecule has 0 saturated carbocycles. The fraction of sp³-hybridized carbons (Fsp3) is 0.316. The molecule has 0 spiro atoms. The molecular weight excluding hydrogens is 352 g/mol. The molecule has 6 nitrogen and oxygen atoms in total. The van der Waals surface area contributed by atoms with Crippen molar-refractivity contribution in [3.63, 3.8) is 0 Å². The Morgan fingerprint density at radius 3 is 2.50 bits per heavy atom. The summed E-state index contributed by atoms with van der Waals surface area (Å²) in [4.78, 5) is 12.3. The molecule has 0 aliphatic carbocycles. The number of nitrogens with one attached hydrogen (secondary N) is 1. The minimum absolute atomic E-state index is 0.109. The summed E-state index contributed by atoms with van der Waals surface area (Å²) in [6.07, 6.45) is 0. The normalized spacial score (nSPS) is 11.4. The van der Waals surface area contributed by atoms with Crippen LogP contribution in [0.4, 0.5) is 0 Å². The van der Waals surface area contributed by atoms with Gasteiger partial charge in [0, 0.05) is 20.6 Å². The summed E-state index contributed by atoms with van der Waals surface area (Å²) in [5.74, 6) is 0.346. The maximum atomic E-state index is 12.4. The largest absolute Gasteiger partial charge is 0.483 e. The van der Waals surface area contributed by atoms with E-state index in [1.165, 1.54) is 20.2 Å². The number of carbonyl (C=O) groups excluding carboxylic acids is 1. The van der Waals surface area contributed by atoms with E-state index in [2.05, 4.69) is 5.32 Å². The van der Waals surface area contributed by atoms with Crippen molar-refractivity contribution < 1.29 is 17.9 Å². The first-order valence-corrected chi connectivity index (χ1v) is 9.63. The molecule has 0 unspecified atom stereocenters. The molecule has 140 valence electrons. The van der Waals surface area contributed by atoms with Gasteiger partial charge in [-0.05, 0) is 42.7 Å². The first-order chi connectivity index (χ1) is 12.2. The standard InChI is InChI=1S/C19H24N2O4S/c1-14-9-10-15(2)17(11-14)25-13-19(22)20-12-16-7-5-6-8-18(16)26(23,24)21(3)4/h5-11H,12-13H2,1-4H3,(H,20,22). The second-order valence-corrected chi connectivity index (χ2v) is 8.35. The lowest BCUT2D eigenvalue weighted by Gasteiger charge is -2.15. The number of benzene rings is 2. The van der Waals surface area contributed by atoms with Crippen LogP contribution in [0.5, 0.6) is 5.75 Å². The second kappa shape index (κ2) is 8.33. The molecule has 2 aromatic rings. The Morgan fingerprint density at radius 1 is 1.12 bits per heavy atom. The third kappa shape index (κ3) is 4.83. The van der Waals surface area contributed by atoms with Crippen LogP contribution in [0.15, 0.2) is 47.4 Å². The fourth-order valence-corrected chi connectivity index (χ4v) is 3.46. The molecule has 0 atom stereocenters. The monoisotopic (exact) mass is 376 g/mol. The van der Waals surface area contributed by atoms with Crippen LogP contribution in [-0.4, -0.2) is 39.3 Å². The number of nitrogens with zero attached hydrogens (tertiary/aromatic N) is 1. The van der Waals surface area contributed by atoms with Gasteiger partial charge in [0.15, 0.2) is 6.61 Å². The molecule has 1 N–H and O–H groups in total. The third-order valence-corrected chi connectivity index (χ3v) is 5.83. The van der Waals surface area contributed by atoms with Gasteiger partial charge in [-0.3, -0.25) is 4.79 Å². The van der Waals surface area contributed by atoms with E-state index in [1.54, 1.807) is 18.2 Å². The summed E-state index contributed by atoms with van der Waals surface area (Å²) in [6.45, 7) is 3.84. The molecule has 2 aromatic carbocycles. The first-order valence-electron chi connectivity index (χ1n) is 8.19. The van der Waals surface area contributed by atoms with Gasteiger partial charge in [0.25, 0.3) is 5.91 Å². The minimum Gasteiger partial charge on any atom is -0.483 e. The molecule has 2 rings (SSSR count). The Labute approximate surface area is 154 Å². The average Bonchev–Trinajstić information content (AvgIpc) is 2.60. The zero-order valence-corrected chi connectivity index (χ0v) is 16.3. The Balaban J connectivity index is 2.01. The number of aryl methyl sites for hydroxylation is 2. The summed E-state index contributed by atoms with van der Waals surface area (Å²) < 4.78 is 31.4. The molecule has 0 aliphatic rings. The van der Waals surface area contributed by atoms with Crippen molar-refractivity contribution in [2.75, 3.05) is 20.7 Å². The quantitative estimate of drug-likeness (QED) is 0.804. The summed E-state index contributed by atoms with van der Waals surface area (Å²) in [5, 5.41) is 2.71. The van der Waals surface area contributed by atoms with Gasteiger partial charge >= 0.3 is 0 Å². The van der Waals surface area contributed by atoms with Gasteiger partial charge in [-0.1, -0.05) is 30.3 Å². The van der Waals surface area contributed by atoms with E-state index in [0.717, 1.165) is 15.4 Å². The van der Waals surface area contributed by atoms with E-state index in [-0.39, 0.29) is 24.0 Å². The smallest absolute Gasteiger partial charge is 0.258 e. The van der Waals surface area contributed by atoms with Crippen LogP contribution >= 0.6 is 0 Å². The molecule has 1 amide bonds. The lowest BCUT2D eigenvalue weighted by molar-refractivity contribution is -0.123. The van der Waals surface area contributed by atoms with Crippen molar-refractivity contribution >= 4 is 15.9 Å². The minimum atomic E-state index is -3.57. The van der Waals surface area contributed by atoms with Crippen LogP contribution in [0.1, 0.15) is 16.7 Å². The molecule has 0 radical (unpaired) electrons. The molecule has 0 bridgehead atoms. The highest BCUT2D eigenvalue weighted by atomic mass is 32.2. The molecule has 0 aliphatic heterocycles. The Morgan fingerprint density at radius 2 is 1.81 bits per heavy atom. The van der Waals surface area contributed by atoms with Crippen molar-refractivity contribution in [3.8, 4) is 5.75 Å². The predicted molar refractivity (Wildman–Crippen MR) is 101 cm³/mol. The van der Waals surface area contributed by atoms with Gasteiger partial charge < -0.3 is 10.1 Å². The lowest BCUT2D eigenvalue weighted by atomic mass is 10.1. The van der Waals surface area contributed by atoms with E-state index >= 15 is 0 Å². The van der Waals surface area contributed by atoms with Gasteiger partial charge in [-0.2, -0.15) is 0 Å². The van der Waals surface area contributed by atoms with E-state index in [4.69, 9.17) is 4.74 Å². The molecule has 0 saturated heterocycles. The van der Waals surface area contributed by atoms with Gasteiger partial charge in [0.05, 0.1) is 4.90 Å². The van der Waals surface area contributed by atoms with Crippen molar-refractivity contribution in [1.29, 1.82) is 0 Å². The summed E-state index contributed by atoms with van der Waals surface area (Å²) in [7, 11) is -0.620. The van der Waals surface area contributed by atoms with Crippen LogP contribution < -0.4 is 10.1 Å². The Kier molecular flexibility index (Phi) is 6.39. The number of carbonyl (C=O) groups is 1. The SMILES string of the molecule is Cc1ccc(C)c(OCC(=O)NCc2ccccc2S(=O)(=O)N(C)C)c1.